The molecule has 0 unspecified atom stereocenters. The van der Waals surface area contributed by atoms with Crippen LogP contribution in [-0.2, 0) is 9.59 Å². The molecule has 28 heavy (non-hydrogen) atoms. The number of unbranched alkanes of at least 4 members (excludes halogenated alkanes) is 1. The van der Waals surface area contributed by atoms with Gasteiger partial charge in [-0.15, -0.1) is 0 Å². The second-order valence-electron chi connectivity index (χ2n) is 6.62. The second-order valence-corrected chi connectivity index (χ2v) is 6.62. The van der Waals surface area contributed by atoms with E-state index in [1.54, 1.807) is 24.3 Å². The van der Waals surface area contributed by atoms with Crippen molar-refractivity contribution < 1.29 is 19.1 Å². The molecule has 2 aromatic carbocycles. The Morgan fingerprint density at radius 1 is 0.964 bits per heavy atom. The van der Waals surface area contributed by atoms with Crippen LogP contribution < -0.4 is 19.7 Å². The number of amides is 2. The van der Waals surface area contributed by atoms with Crippen LogP contribution in [-0.4, -0.2) is 31.1 Å². The number of hydrogen-bond donors (Lipinski definition) is 1. The summed E-state index contributed by atoms with van der Waals surface area (Å²) in [6, 6.07) is 13.8. The second kappa shape index (κ2) is 9.26. The van der Waals surface area contributed by atoms with Crippen molar-refractivity contribution in [1.82, 2.24) is 0 Å². The van der Waals surface area contributed by atoms with Crippen molar-refractivity contribution >= 4 is 23.2 Å². The Morgan fingerprint density at radius 3 is 2.25 bits per heavy atom. The van der Waals surface area contributed by atoms with Crippen molar-refractivity contribution in [3.8, 4) is 11.5 Å². The van der Waals surface area contributed by atoms with Crippen molar-refractivity contribution in [2.24, 2.45) is 0 Å². The maximum absolute atomic E-state index is 12.8. The fraction of sp³-hybridized carbons (Fsp3) is 0.364. The molecule has 0 aliphatic carbocycles. The molecule has 1 aliphatic rings. The SMILES string of the molecule is CCCCOc1ccc(N2C(=O)C[C@@H](Nc3ccc(OCC)cc3)C2=O)cc1. The lowest BCUT2D eigenvalue weighted by molar-refractivity contribution is -0.121. The van der Waals surface area contributed by atoms with E-state index in [0.29, 0.717) is 18.9 Å². The van der Waals surface area contributed by atoms with Gasteiger partial charge in [-0.3, -0.25) is 9.59 Å². The molecule has 1 fully saturated rings. The van der Waals surface area contributed by atoms with E-state index in [0.717, 1.165) is 30.0 Å². The fourth-order valence-electron chi connectivity index (χ4n) is 3.06. The van der Waals surface area contributed by atoms with E-state index in [2.05, 4.69) is 12.2 Å². The Hall–Kier alpha value is -3.02. The van der Waals surface area contributed by atoms with E-state index in [4.69, 9.17) is 9.47 Å². The van der Waals surface area contributed by atoms with E-state index in [1.165, 1.54) is 4.90 Å². The third-order valence-corrected chi connectivity index (χ3v) is 4.51. The first-order valence-electron chi connectivity index (χ1n) is 9.71. The van der Waals surface area contributed by atoms with Crippen molar-refractivity contribution in [2.75, 3.05) is 23.4 Å². The molecular formula is C22H26N2O4. The molecular weight excluding hydrogens is 356 g/mol. The molecule has 1 aliphatic heterocycles. The zero-order valence-electron chi connectivity index (χ0n) is 16.3. The maximum Gasteiger partial charge on any atom is 0.256 e. The molecule has 1 heterocycles. The highest BCUT2D eigenvalue weighted by Crippen LogP contribution is 2.27. The van der Waals surface area contributed by atoms with Gasteiger partial charge in [-0.2, -0.15) is 0 Å². The first kappa shape index (κ1) is 19.7. The lowest BCUT2D eigenvalue weighted by atomic mass is 10.2. The van der Waals surface area contributed by atoms with Gasteiger partial charge in [-0.05, 0) is 61.9 Å². The molecule has 0 radical (unpaired) electrons. The largest absolute Gasteiger partial charge is 0.494 e. The van der Waals surface area contributed by atoms with Gasteiger partial charge in [-0.1, -0.05) is 13.3 Å². The number of carbonyl (C=O) groups is 2. The van der Waals surface area contributed by atoms with E-state index < -0.39 is 6.04 Å². The molecule has 148 valence electrons. The lowest BCUT2D eigenvalue weighted by Crippen LogP contribution is -2.34. The van der Waals surface area contributed by atoms with Crippen LogP contribution in [0.1, 0.15) is 33.1 Å². The molecule has 3 rings (SSSR count). The van der Waals surface area contributed by atoms with Crippen LogP contribution in [0.25, 0.3) is 0 Å². The van der Waals surface area contributed by atoms with E-state index in [-0.39, 0.29) is 18.2 Å². The standard InChI is InChI=1S/C22H26N2O4/c1-3-5-14-28-19-12-8-17(9-13-19)24-21(25)15-20(22(24)26)23-16-6-10-18(11-7-16)27-4-2/h6-13,20,23H,3-5,14-15H2,1-2H3/t20-/m1/s1. The number of ether oxygens (including phenoxy) is 2. The predicted octanol–water partition coefficient (Wildman–Crippen LogP) is 4.01. The number of imide groups is 1. The third kappa shape index (κ3) is 4.63. The molecule has 0 spiro atoms. The molecule has 2 amide bonds. The number of benzene rings is 2. The Morgan fingerprint density at radius 2 is 1.61 bits per heavy atom. The quantitative estimate of drug-likeness (QED) is 0.524. The van der Waals surface area contributed by atoms with Crippen LogP contribution in [0.15, 0.2) is 48.5 Å². The Balaban J connectivity index is 1.64. The summed E-state index contributed by atoms with van der Waals surface area (Å²) < 4.78 is 11.1. The highest BCUT2D eigenvalue weighted by molar-refractivity contribution is 6.23. The van der Waals surface area contributed by atoms with Gasteiger partial charge < -0.3 is 14.8 Å². The minimum Gasteiger partial charge on any atom is -0.494 e. The molecule has 0 saturated carbocycles. The summed E-state index contributed by atoms with van der Waals surface area (Å²) in [5, 5.41) is 3.14. The van der Waals surface area contributed by atoms with Gasteiger partial charge in [0.1, 0.15) is 17.5 Å². The smallest absolute Gasteiger partial charge is 0.256 e. The van der Waals surface area contributed by atoms with Gasteiger partial charge >= 0.3 is 0 Å². The third-order valence-electron chi connectivity index (χ3n) is 4.51. The zero-order valence-corrected chi connectivity index (χ0v) is 16.3. The normalized spacial score (nSPS) is 16.4. The summed E-state index contributed by atoms with van der Waals surface area (Å²) in [5.74, 6) is 1.04. The number of nitrogens with zero attached hydrogens (tertiary/aromatic N) is 1. The van der Waals surface area contributed by atoms with Crippen LogP contribution in [0.3, 0.4) is 0 Å². The molecule has 1 N–H and O–H groups in total. The van der Waals surface area contributed by atoms with Crippen LogP contribution in [0, 0.1) is 0 Å². The van der Waals surface area contributed by atoms with Crippen molar-refractivity contribution in [3.05, 3.63) is 48.5 Å². The summed E-state index contributed by atoms with van der Waals surface area (Å²) in [6.45, 7) is 5.29. The van der Waals surface area contributed by atoms with Gasteiger partial charge in [0.15, 0.2) is 0 Å². The summed E-state index contributed by atoms with van der Waals surface area (Å²) >= 11 is 0. The van der Waals surface area contributed by atoms with Crippen molar-refractivity contribution in [2.45, 2.75) is 39.2 Å². The minimum atomic E-state index is -0.578. The fourth-order valence-corrected chi connectivity index (χ4v) is 3.06. The molecule has 6 nitrogen and oxygen atoms in total. The van der Waals surface area contributed by atoms with Gasteiger partial charge in [-0.25, -0.2) is 4.90 Å². The lowest BCUT2D eigenvalue weighted by Gasteiger charge is -2.17. The minimum absolute atomic E-state index is 0.126. The molecule has 0 aromatic heterocycles. The van der Waals surface area contributed by atoms with E-state index in [1.807, 2.05) is 31.2 Å². The zero-order chi connectivity index (χ0) is 19.9. The van der Waals surface area contributed by atoms with Crippen LogP contribution in [0.5, 0.6) is 11.5 Å². The number of anilines is 2. The molecule has 1 saturated heterocycles. The van der Waals surface area contributed by atoms with Crippen molar-refractivity contribution in [1.29, 1.82) is 0 Å². The topological polar surface area (TPSA) is 67.9 Å². The summed E-state index contributed by atoms with van der Waals surface area (Å²) in [6.07, 6.45) is 2.18. The highest BCUT2D eigenvalue weighted by atomic mass is 16.5. The number of rotatable bonds is 9. The van der Waals surface area contributed by atoms with E-state index >= 15 is 0 Å². The first-order chi connectivity index (χ1) is 13.6. The number of hydrogen-bond acceptors (Lipinski definition) is 5. The summed E-state index contributed by atoms with van der Waals surface area (Å²) in [7, 11) is 0. The molecule has 6 heteroatoms. The number of nitrogens with one attached hydrogen (secondary N) is 1. The van der Waals surface area contributed by atoms with Gasteiger partial charge in [0.25, 0.3) is 5.91 Å². The molecule has 0 bridgehead atoms. The van der Waals surface area contributed by atoms with Gasteiger partial charge in [0.05, 0.1) is 25.3 Å². The average Bonchev–Trinajstić information content (AvgIpc) is 2.98. The van der Waals surface area contributed by atoms with Gasteiger partial charge in [0, 0.05) is 5.69 Å². The monoisotopic (exact) mass is 382 g/mol. The van der Waals surface area contributed by atoms with Crippen LogP contribution in [0.4, 0.5) is 11.4 Å². The summed E-state index contributed by atoms with van der Waals surface area (Å²) in [5.41, 5.74) is 1.34. The molecule has 1 atom stereocenters. The summed E-state index contributed by atoms with van der Waals surface area (Å²) in [4.78, 5) is 26.4. The van der Waals surface area contributed by atoms with Crippen molar-refractivity contribution in [3.63, 3.8) is 0 Å². The van der Waals surface area contributed by atoms with E-state index in [9.17, 15) is 9.59 Å². The maximum atomic E-state index is 12.8. The number of carbonyl (C=O) groups excluding carboxylic acids is 2. The van der Waals surface area contributed by atoms with Crippen LogP contribution >= 0.6 is 0 Å². The Labute approximate surface area is 165 Å². The Kier molecular flexibility index (Phi) is 6.53. The highest BCUT2D eigenvalue weighted by Gasteiger charge is 2.39. The van der Waals surface area contributed by atoms with Gasteiger partial charge in [0.2, 0.25) is 5.91 Å². The van der Waals surface area contributed by atoms with Crippen LogP contribution in [0.2, 0.25) is 0 Å². The predicted molar refractivity (Wildman–Crippen MR) is 109 cm³/mol. The first-order valence-corrected chi connectivity index (χ1v) is 9.71. The molecule has 2 aromatic rings. The average molecular weight is 382 g/mol. The Bertz CT molecular complexity index is 802.